The number of hydrogen-bond acceptors (Lipinski definition) is 2. The first-order chi connectivity index (χ1) is 12.8. The molecule has 3 aromatic carbocycles. The first-order valence-corrected chi connectivity index (χ1v) is 9.43. The summed E-state index contributed by atoms with van der Waals surface area (Å²) in [6.45, 7) is 0. The zero-order valence-electron chi connectivity index (χ0n) is 14.9. The Bertz CT molecular complexity index is 1030. The predicted molar refractivity (Wildman–Crippen MR) is 116 cm³/mol. The first-order valence-electron chi connectivity index (χ1n) is 8.64. The van der Waals surface area contributed by atoms with Crippen LogP contribution in [0, 0.1) is 12.1 Å². The Labute approximate surface area is 200 Å². The standard InChI is InChI=1S/C13H9.C11H6BrO.H2S.Zr/c1-3-7-12-10(5-1)9-11-6-2-4-8-13(11)12;12-10-6-8-5-7-3-1-2-4-9(7)11(8)13-10;;/h1-5,7-8H,9H2;1-5,11H;1H2;/q2*-1;;+3/p-1. The van der Waals surface area contributed by atoms with Crippen LogP contribution in [0.3, 0.4) is 0 Å². The monoisotopic (exact) mass is 521 g/mol. The van der Waals surface area contributed by atoms with Crippen LogP contribution in [0.4, 0.5) is 0 Å². The topological polar surface area (TPSA) is 9.23 Å². The summed E-state index contributed by atoms with van der Waals surface area (Å²) in [5.74, 6) is 0. The van der Waals surface area contributed by atoms with Crippen LogP contribution in [0.1, 0.15) is 28.4 Å². The molecule has 1 radical (unpaired) electrons. The maximum atomic E-state index is 5.57. The van der Waals surface area contributed by atoms with Crippen molar-refractivity contribution in [3.8, 4) is 11.1 Å². The van der Waals surface area contributed by atoms with Crippen molar-refractivity contribution in [2.75, 3.05) is 0 Å². The predicted octanol–water partition coefficient (Wildman–Crippen LogP) is 5.98. The van der Waals surface area contributed by atoms with Gasteiger partial charge < -0.3 is 18.2 Å². The Balaban J connectivity index is 0.000000150. The fourth-order valence-corrected chi connectivity index (χ4v) is 4.18. The molecule has 0 bridgehead atoms. The number of hydrogen-bond donors (Lipinski definition) is 0. The van der Waals surface area contributed by atoms with Crippen LogP contribution in [-0.2, 0) is 50.9 Å². The van der Waals surface area contributed by atoms with E-state index >= 15 is 0 Å². The van der Waals surface area contributed by atoms with Crippen LogP contribution in [0.2, 0.25) is 0 Å². The minimum atomic E-state index is 0. The third-order valence-electron chi connectivity index (χ3n) is 4.95. The summed E-state index contributed by atoms with van der Waals surface area (Å²) in [4.78, 5) is 0. The van der Waals surface area contributed by atoms with Gasteiger partial charge in [0, 0.05) is 0 Å². The van der Waals surface area contributed by atoms with Gasteiger partial charge in [-0.05, 0) is 27.9 Å². The number of fused-ring (bicyclic) bond motifs is 6. The smallest absolute Gasteiger partial charge is 0.813 e. The Kier molecular flexibility index (Phi) is 6.86. The Morgan fingerprint density at radius 2 is 1.68 bits per heavy atom. The molecule has 0 saturated carbocycles. The van der Waals surface area contributed by atoms with Crippen molar-refractivity contribution in [1.29, 1.82) is 0 Å². The quantitative estimate of drug-likeness (QED) is 0.159. The molecule has 1 aliphatic heterocycles. The molecule has 0 fully saturated rings. The van der Waals surface area contributed by atoms with Crippen LogP contribution < -0.4 is 0 Å². The molecule has 135 valence electrons. The Morgan fingerprint density at radius 1 is 0.929 bits per heavy atom. The van der Waals surface area contributed by atoms with Crippen molar-refractivity contribution in [1.82, 2.24) is 0 Å². The molecule has 2 aliphatic carbocycles. The van der Waals surface area contributed by atoms with E-state index < -0.39 is 0 Å². The minimum Gasteiger partial charge on any atom is -0.813 e. The van der Waals surface area contributed by atoms with Crippen LogP contribution in [0.5, 0.6) is 0 Å². The van der Waals surface area contributed by atoms with E-state index in [1.54, 1.807) is 0 Å². The van der Waals surface area contributed by atoms with Crippen molar-refractivity contribution < 1.29 is 30.9 Å². The van der Waals surface area contributed by atoms with Crippen molar-refractivity contribution in [2.45, 2.75) is 12.5 Å². The summed E-state index contributed by atoms with van der Waals surface area (Å²) >= 11 is 3.29. The van der Waals surface area contributed by atoms with Crippen LogP contribution in [0.15, 0.2) is 77.0 Å². The van der Waals surface area contributed by atoms with Gasteiger partial charge in [0.2, 0.25) is 0 Å². The summed E-state index contributed by atoms with van der Waals surface area (Å²) in [6.07, 6.45) is 6.38. The van der Waals surface area contributed by atoms with Gasteiger partial charge in [0.15, 0.2) is 0 Å². The molecule has 6 rings (SSSR count). The molecule has 28 heavy (non-hydrogen) atoms. The number of rotatable bonds is 0. The van der Waals surface area contributed by atoms with E-state index in [0.29, 0.717) is 4.67 Å². The van der Waals surface area contributed by atoms with Gasteiger partial charge in [0.25, 0.3) is 0 Å². The largest absolute Gasteiger partial charge is 3.00 e. The summed E-state index contributed by atoms with van der Waals surface area (Å²) in [5, 5.41) is 0. The van der Waals surface area contributed by atoms with Crippen molar-refractivity contribution in [3.63, 3.8) is 0 Å². The second-order valence-corrected chi connectivity index (χ2v) is 7.24. The fraction of sp³-hybridized carbons (Fsp3) is 0.0833. The maximum absolute atomic E-state index is 5.57. The second-order valence-electron chi connectivity index (χ2n) is 6.52. The average molecular weight is 524 g/mol. The number of thiol groups is 1. The SMILES string of the molecule is BrC1=[C-]C2=Cc3ccccc3C2O1.[SH-].[Zr+3].[c-]1cccc2c1Cc1ccccc1-2. The number of ether oxygens (including phenoxy) is 1. The molecule has 0 amide bonds. The second kappa shape index (κ2) is 8.99. The van der Waals surface area contributed by atoms with Gasteiger partial charge in [-0.3, -0.25) is 0 Å². The average Bonchev–Trinajstić information content (AvgIpc) is 3.32. The third kappa shape index (κ3) is 3.88. The van der Waals surface area contributed by atoms with Gasteiger partial charge in [0.05, 0.1) is 4.67 Å². The zero-order chi connectivity index (χ0) is 17.5. The van der Waals surface area contributed by atoms with E-state index in [1.807, 2.05) is 18.2 Å². The van der Waals surface area contributed by atoms with Gasteiger partial charge in [-0.2, -0.15) is 47.6 Å². The molecule has 3 aromatic rings. The van der Waals surface area contributed by atoms with E-state index in [2.05, 4.69) is 82.7 Å². The maximum Gasteiger partial charge on any atom is 3.00 e. The molecule has 0 saturated heterocycles. The molecule has 3 aliphatic rings. The van der Waals surface area contributed by atoms with E-state index in [1.165, 1.54) is 33.4 Å². The van der Waals surface area contributed by atoms with E-state index in [9.17, 15) is 0 Å². The molecule has 4 heteroatoms. The van der Waals surface area contributed by atoms with Crippen molar-refractivity contribution in [2.24, 2.45) is 0 Å². The van der Waals surface area contributed by atoms with Crippen molar-refractivity contribution >= 4 is 35.5 Å². The Morgan fingerprint density at radius 3 is 2.57 bits per heavy atom. The molecule has 0 spiro atoms. The van der Waals surface area contributed by atoms with E-state index in [-0.39, 0.29) is 45.8 Å². The molecule has 1 unspecified atom stereocenters. The van der Waals surface area contributed by atoms with Gasteiger partial charge in [0.1, 0.15) is 6.10 Å². The first kappa shape index (κ1) is 21.4. The molecule has 0 aromatic heterocycles. The van der Waals surface area contributed by atoms with Gasteiger partial charge in [-0.1, -0.05) is 65.2 Å². The Hall–Kier alpha value is -1.35. The summed E-state index contributed by atoms with van der Waals surface area (Å²) in [5.41, 5.74) is 9.11. The zero-order valence-corrected chi connectivity index (χ0v) is 19.9. The molecule has 0 N–H and O–H groups in total. The molecule has 1 nitrogen and oxygen atoms in total. The minimum absolute atomic E-state index is 0. The van der Waals surface area contributed by atoms with Crippen LogP contribution in [-0.4, -0.2) is 0 Å². The molecular formula is C24H16BrOSZr. The van der Waals surface area contributed by atoms with Gasteiger partial charge in [-0.25, -0.2) is 0 Å². The van der Waals surface area contributed by atoms with Crippen LogP contribution in [0.25, 0.3) is 17.2 Å². The van der Waals surface area contributed by atoms with E-state index in [0.717, 1.165) is 12.0 Å². The third-order valence-corrected chi connectivity index (χ3v) is 5.34. The van der Waals surface area contributed by atoms with E-state index in [4.69, 9.17) is 4.74 Å². The summed E-state index contributed by atoms with van der Waals surface area (Å²) in [6, 6.07) is 26.4. The van der Waals surface area contributed by atoms with Gasteiger partial charge in [-0.15, -0.1) is 5.56 Å². The number of benzene rings is 3. The normalized spacial score (nSPS) is 16.4. The van der Waals surface area contributed by atoms with Crippen molar-refractivity contribution in [3.05, 3.63) is 111 Å². The number of halogens is 1. The molecule has 1 heterocycles. The summed E-state index contributed by atoms with van der Waals surface area (Å²) in [7, 11) is 0. The van der Waals surface area contributed by atoms with Crippen LogP contribution >= 0.6 is 15.9 Å². The van der Waals surface area contributed by atoms with Gasteiger partial charge >= 0.3 is 26.2 Å². The fourth-order valence-electron chi connectivity index (χ4n) is 3.76. The molecular weight excluding hydrogens is 507 g/mol. The molecule has 1 atom stereocenters. The summed E-state index contributed by atoms with van der Waals surface area (Å²) < 4.78 is 6.27.